The molecule has 1 aromatic carbocycles. The highest BCUT2D eigenvalue weighted by Gasteiger charge is 2.33. The Bertz CT molecular complexity index is 506. The van der Waals surface area contributed by atoms with E-state index in [9.17, 15) is 5.11 Å². The van der Waals surface area contributed by atoms with Gasteiger partial charge in [-0.2, -0.15) is 0 Å². The van der Waals surface area contributed by atoms with Crippen molar-refractivity contribution in [2.24, 2.45) is 5.41 Å². The van der Waals surface area contributed by atoms with E-state index in [-0.39, 0.29) is 0 Å². The van der Waals surface area contributed by atoms with Crippen LogP contribution in [0.2, 0.25) is 0 Å². The maximum atomic E-state index is 10.9. The van der Waals surface area contributed by atoms with Crippen LogP contribution in [-0.4, -0.2) is 17.3 Å². The summed E-state index contributed by atoms with van der Waals surface area (Å²) in [6.07, 6.45) is 8.35. The summed E-state index contributed by atoms with van der Waals surface area (Å²) in [4.78, 5) is 0. The molecule has 0 spiro atoms. The normalized spacial score (nSPS) is 27.8. The number of hydrogen-bond donors (Lipinski definition) is 1. The molecule has 1 unspecified atom stereocenters. The van der Waals surface area contributed by atoms with E-state index in [1.165, 1.54) is 17.5 Å². The maximum absolute atomic E-state index is 10.9. The van der Waals surface area contributed by atoms with Crippen LogP contribution in [0.25, 0.3) is 0 Å². The lowest BCUT2D eigenvalue weighted by atomic mass is 9.83. The predicted octanol–water partition coefficient (Wildman–Crippen LogP) is 4.28. The van der Waals surface area contributed by atoms with Crippen molar-refractivity contribution in [1.29, 1.82) is 0 Å². The van der Waals surface area contributed by atoms with Crippen LogP contribution >= 0.6 is 0 Å². The Labute approximate surface area is 128 Å². The maximum Gasteiger partial charge on any atom is 0.122 e. The number of rotatable bonds is 3. The smallest absolute Gasteiger partial charge is 0.122 e. The van der Waals surface area contributed by atoms with Crippen LogP contribution in [0.1, 0.15) is 63.5 Å². The van der Waals surface area contributed by atoms with Crippen molar-refractivity contribution in [2.45, 2.75) is 70.8 Å². The first-order valence-corrected chi connectivity index (χ1v) is 8.43. The topological polar surface area (TPSA) is 29.5 Å². The van der Waals surface area contributed by atoms with Gasteiger partial charge in [0.2, 0.25) is 0 Å². The summed E-state index contributed by atoms with van der Waals surface area (Å²) >= 11 is 0. The van der Waals surface area contributed by atoms with E-state index in [0.717, 1.165) is 57.3 Å². The standard InChI is InChI=1S/C19H28O2/c1-18(2)8-3-9-19(20,12-11-18)10-6-15-4-5-17-16(14-15)7-13-21-17/h4-5,14,20H,3,6-13H2,1-2H3. The minimum atomic E-state index is -0.455. The minimum absolute atomic E-state index is 0.398. The van der Waals surface area contributed by atoms with Crippen LogP contribution in [0.5, 0.6) is 5.75 Å². The Morgan fingerprint density at radius 1 is 1.14 bits per heavy atom. The first-order valence-electron chi connectivity index (χ1n) is 8.43. The molecule has 1 atom stereocenters. The van der Waals surface area contributed by atoms with Crippen molar-refractivity contribution in [3.8, 4) is 5.75 Å². The third-order valence-electron chi connectivity index (χ3n) is 5.40. The third kappa shape index (κ3) is 3.60. The molecule has 0 saturated heterocycles. The molecule has 116 valence electrons. The van der Waals surface area contributed by atoms with Crippen LogP contribution in [0.4, 0.5) is 0 Å². The molecule has 2 nitrogen and oxygen atoms in total. The second kappa shape index (κ2) is 5.64. The molecule has 0 radical (unpaired) electrons. The van der Waals surface area contributed by atoms with Gasteiger partial charge in [-0.25, -0.2) is 0 Å². The molecule has 1 aliphatic carbocycles. The monoisotopic (exact) mass is 288 g/mol. The average molecular weight is 288 g/mol. The lowest BCUT2D eigenvalue weighted by Gasteiger charge is -2.28. The van der Waals surface area contributed by atoms with E-state index in [2.05, 4.69) is 32.0 Å². The van der Waals surface area contributed by atoms with Crippen molar-refractivity contribution in [1.82, 2.24) is 0 Å². The zero-order valence-electron chi connectivity index (χ0n) is 13.5. The van der Waals surface area contributed by atoms with Crippen molar-refractivity contribution >= 4 is 0 Å². The Balaban J connectivity index is 1.61. The minimum Gasteiger partial charge on any atom is -0.493 e. The molecule has 3 rings (SSSR count). The van der Waals surface area contributed by atoms with Gasteiger partial charge in [0, 0.05) is 6.42 Å². The fourth-order valence-electron chi connectivity index (χ4n) is 3.74. The number of aryl methyl sites for hydroxylation is 1. The Kier molecular flexibility index (Phi) is 4.00. The van der Waals surface area contributed by atoms with Gasteiger partial charge in [0.15, 0.2) is 0 Å². The molecular formula is C19H28O2. The van der Waals surface area contributed by atoms with Crippen molar-refractivity contribution in [3.63, 3.8) is 0 Å². The van der Waals surface area contributed by atoms with Crippen molar-refractivity contribution in [3.05, 3.63) is 29.3 Å². The third-order valence-corrected chi connectivity index (χ3v) is 5.40. The van der Waals surface area contributed by atoms with E-state index in [0.29, 0.717) is 5.41 Å². The molecule has 1 heterocycles. The summed E-state index contributed by atoms with van der Waals surface area (Å²) in [5.41, 5.74) is 2.62. The largest absolute Gasteiger partial charge is 0.493 e. The Morgan fingerprint density at radius 2 is 2.00 bits per heavy atom. The van der Waals surface area contributed by atoms with Gasteiger partial charge < -0.3 is 9.84 Å². The molecule has 1 aromatic rings. The SMILES string of the molecule is CC1(C)CCCC(O)(CCc2ccc3c(c2)CCO3)CC1. The van der Waals surface area contributed by atoms with E-state index < -0.39 is 5.60 Å². The summed E-state index contributed by atoms with van der Waals surface area (Å²) in [6.45, 7) is 5.48. The highest BCUT2D eigenvalue weighted by molar-refractivity contribution is 5.39. The molecule has 2 heteroatoms. The van der Waals surface area contributed by atoms with Gasteiger partial charge in [-0.1, -0.05) is 32.4 Å². The van der Waals surface area contributed by atoms with Crippen LogP contribution < -0.4 is 4.74 Å². The number of benzene rings is 1. The highest BCUT2D eigenvalue weighted by atomic mass is 16.5. The van der Waals surface area contributed by atoms with E-state index >= 15 is 0 Å². The first kappa shape index (κ1) is 14.9. The summed E-state index contributed by atoms with van der Waals surface area (Å²) in [7, 11) is 0. The van der Waals surface area contributed by atoms with Gasteiger partial charge in [0.05, 0.1) is 12.2 Å². The van der Waals surface area contributed by atoms with Gasteiger partial charge in [-0.3, -0.25) is 0 Å². The van der Waals surface area contributed by atoms with Crippen molar-refractivity contribution < 1.29 is 9.84 Å². The lowest BCUT2D eigenvalue weighted by molar-refractivity contribution is 0.0142. The number of fused-ring (bicyclic) bond motifs is 1. The van der Waals surface area contributed by atoms with E-state index in [4.69, 9.17) is 4.74 Å². The van der Waals surface area contributed by atoms with E-state index in [1.807, 2.05) is 0 Å². The predicted molar refractivity (Wildman–Crippen MR) is 85.8 cm³/mol. The fraction of sp³-hybridized carbons (Fsp3) is 0.684. The van der Waals surface area contributed by atoms with Crippen LogP contribution in [0, 0.1) is 5.41 Å². The molecule has 1 N–H and O–H groups in total. The zero-order valence-corrected chi connectivity index (χ0v) is 13.5. The average Bonchev–Trinajstić information content (AvgIpc) is 2.85. The zero-order chi connectivity index (χ0) is 14.9. The van der Waals surface area contributed by atoms with Gasteiger partial charge in [-0.15, -0.1) is 0 Å². The van der Waals surface area contributed by atoms with Gasteiger partial charge >= 0.3 is 0 Å². The highest BCUT2D eigenvalue weighted by Crippen LogP contribution is 2.40. The summed E-state index contributed by atoms with van der Waals surface area (Å²) in [6, 6.07) is 6.53. The quantitative estimate of drug-likeness (QED) is 0.841. The second-order valence-electron chi connectivity index (χ2n) is 7.78. The number of ether oxygens (including phenoxy) is 1. The molecule has 21 heavy (non-hydrogen) atoms. The number of aliphatic hydroxyl groups is 1. The molecule has 1 aliphatic heterocycles. The van der Waals surface area contributed by atoms with Crippen LogP contribution in [-0.2, 0) is 12.8 Å². The van der Waals surface area contributed by atoms with Crippen molar-refractivity contribution in [2.75, 3.05) is 6.61 Å². The molecule has 1 saturated carbocycles. The first-order chi connectivity index (χ1) is 9.96. The Hall–Kier alpha value is -1.02. The summed E-state index contributed by atoms with van der Waals surface area (Å²) in [5, 5.41) is 10.9. The molecular weight excluding hydrogens is 260 g/mol. The summed E-state index contributed by atoms with van der Waals surface area (Å²) < 4.78 is 5.56. The molecule has 2 aliphatic rings. The fourth-order valence-corrected chi connectivity index (χ4v) is 3.74. The second-order valence-corrected chi connectivity index (χ2v) is 7.78. The molecule has 0 aromatic heterocycles. The molecule has 1 fully saturated rings. The van der Waals surface area contributed by atoms with Crippen LogP contribution in [0.3, 0.4) is 0 Å². The van der Waals surface area contributed by atoms with Gasteiger partial charge in [0.25, 0.3) is 0 Å². The van der Waals surface area contributed by atoms with E-state index in [1.54, 1.807) is 0 Å². The Morgan fingerprint density at radius 3 is 2.86 bits per heavy atom. The summed E-state index contributed by atoms with van der Waals surface area (Å²) in [5.74, 6) is 1.05. The van der Waals surface area contributed by atoms with Gasteiger partial charge in [-0.05, 0) is 61.1 Å². The van der Waals surface area contributed by atoms with Gasteiger partial charge in [0.1, 0.15) is 5.75 Å². The number of hydrogen-bond acceptors (Lipinski definition) is 2. The molecule has 0 bridgehead atoms. The molecule has 0 amide bonds. The lowest BCUT2D eigenvalue weighted by Crippen LogP contribution is -2.28. The van der Waals surface area contributed by atoms with Crippen LogP contribution in [0.15, 0.2) is 18.2 Å².